The number of hydrogen-bond donors (Lipinski definition) is 2. The lowest BCUT2D eigenvalue weighted by atomic mass is 9.91. The average molecular weight is 495 g/mol. The predicted molar refractivity (Wildman–Crippen MR) is 153 cm³/mol. The lowest BCUT2D eigenvalue weighted by molar-refractivity contribution is 0.390. The minimum atomic E-state index is -1.50. The Labute approximate surface area is 207 Å². The van der Waals surface area contributed by atoms with E-state index in [1.54, 1.807) is 0 Å². The van der Waals surface area contributed by atoms with Crippen molar-refractivity contribution < 1.29 is 10.2 Å². The van der Waals surface area contributed by atoms with Gasteiger partial charge in [-0.1, -0.05) is 86.8 Å². The molecular formula is C28H42N2O2Si2. The van der Waals surface area contributed by atoms with Gasteiger partial charge in [0.25, 0.3) is 0 Å². The minimum absolute atomic E-state index is 0.0867. The van der Waals surface area contributed by atoms with E-state index in [0.29, 0.717) is 11.5 Å². The Morgan fingerprint density at radius 1 is 0.676 bits per heavy atom. The molecule has 0 spiro atoms. The summed E-state index contributed by atoms with van der Waals surface area (Å²) in [7, 11) is -2.99. The van der Waals surface area contributed by atoms with E-state index < -0.39 is 16.1 Å². The first kappa shape index (κ1) is 26.4. The van der Waals surface area contributed by atoms with E-state index in [1.807, 2.05) is 26.3 Å². The van der Waals surface area contributed by atoms with Gasteiger partial charge in [-0.05, 0) is 37.8 Å². The maximum Gasteiger partial charge on any atom is 0.127 e. The first-order valence-electron chi connectivity index (χ1n) is 12.5. The molecule has 0 saturated heterocycles. The van der Waals surface area contributed by atoms with E-state index in [-0.39, 0.29) is 12.1 Å². The van der Waals surface area contributed by atoms with Crippen molar-refractivity contribution in [1.82, 2.24) is 0 Å². The Hall–Kier alpha value is -2.19. The van der Waals surface area contributed by atoms with Crippen molar-refractivity contribution in [3.8, 4) is 11.5 Å². The predicted octanol–water partition coefficient (Wildman–Crippen LogP) is 5.65. The standard InChI is InChI=1S/C28H42N2O2Si2/c1-19-13-23(33(3,4)5)15-21(27(19)31)17-29-25-11-9-10-12-26(25)30-18-22-16-24(34(6,7)8)14-20(2)28(22)32/h13-18,25-26,31-32H,9-12H2,1-8H3. The molecule has 0 heterocycles. The molecule has 2 aromatic carbocycles. The summed E-state index contributed by atoms with van der Waals surface area (Å²) in [5.74, 6) is 0.648. The summed E-state index contributed by atoms with van der Waals surface area (Å²) in [5.41, 5.74) is 3.43. The second kappa shape index (κ2) is 10.2. The zero-order valence-electron chi connectivity index (χ0n) is 22.2. The Morgan fingerprint density at radius 2 is 1.03 bits per heavy atom. The molecule has 3 rings (SSSR count). The SMILES string of the molecule is Cc1cc([Si](C)(C)C)cc(C=NC2CCCCC2N=Cc2cc([Si](C)(C)C)cc(C)c2O)c1O. The highest BCUT2D eigenvalue weighted by Crippen LogP contribution is 2.27. The van der Waals surface area contributed by atoms with Crippen LogP contribution in [0.15, 0.2) is 34.3 Å². The molecular weight excluding hydrogens is 452 g/mol. The van der Waals surface area contributed by atoms with Crippen molar-refractivity contribution in [2.24, 2.45) is 9.98 Å². The van der Waals surface area contributed by atoms with Gasteiger partial charge in [-0.25, -0.2) is 0 Å². The third kappa shape index (κ3) is 6.27. The van der Waals surface area contributed by atoms with Crippen molar-refractivity contribution in [3.05, 3.63) is 46.5 Å². The Bertz CT molecular complexity index is 1010. The molecule has 2 atom stereocenters. The van der Waals surface area contributed by atoms with E-state index in [9.17, 15) is 10.2 Å². The Morgan fingerprint density at radius 3 is 1.35 bits per heavy atom. The average Bonchev–Trinajstić information content (AvgIpc) is 2.74. The van der Waals surface area contributed by atoms with Gasteiger partial charge in [-0.3, -0.25) is 9.98 Å². The summed E-state index contributed by atoms with van der Waals surface area (Å²) in [6, 6.07) is 8.64. The van der Waals surface area contributed by atoms with Gasteiger partial charge in [0.2, 0.25) is 0 Å². The lowest BCUT2D eigenvalue weighted by Gasteiger charge is -2.26. The number of hydrogen-bond acceptors (Lipinski definition) is 4. The summed E-state index contributed by atoms with van der Waals surface area (Å²) >= 11 is 0. The van der Waals surface area contributed by atoms with Crippen LogP contribution in [0.5, 0.6) is 11.5 Å². The quantitative estimate of drug-likeness (QED) is 0.402. The van der Waals surface area contributed by atoms with Crippen molar-refractivity contribution in [3.63, 3.8) is 0 Å². The van der Waals surface area contributed by atoms with E-state index >= 15 is 0 Å². The number of phenolic OH excluding ortho intramolecular Hbond substituents is 2. The van der Waals surface area contributed by atoms with Gasteiger partial charge in [0, 0.05) is 23.6 Å². The normalized spacial score (nSPS) is 19.9. The van der Waals surface area contributed by atoms with E-state index in [4.69, 9.17) is 9.98 Å². The Kier molecular flexibility index (Phi) is 7.93. The van der Waals surface area contributed by atoms with Gasteiger partial charge in [0.05, 0.1) is 28.2 Å². The van der Waals surface area contributed by atoms with Crippen LogP contribution in [0.3, 0.4) is 0 Å². The van der Waals surface area contributed by atoms with Crippen LogP contribution >= 0.6 is 0 Å². The fourth-order valence-electron chi connectivity index (χ4n) is 4.47. The van der Waals surface area contributed by atoms with Gasteiger partial charge >= 0.3 is 0 Å². The van der Waals surface area contributed by atoms with Crippen molar-refractivity contribution in [2.45, 2.75) is 90.9 Å². The van der Waals surface area contributed by atoms with Crippen LogP contribution in [0.4, 0.5) is 0 Å². The molecule has 0 bridgehead atoms. The molecule has 0 aliphatic heterocycles. The fourth-order valence-corrected chi connectivity index (χ4v) is 6.94. The molecule has 4 nitrogen and oxygen atoms in total. The molecule has 184 valence electrons. The Balaban J connectivity index is 1.88. The van der Waals surface area contributed by atoms with Crippen LogP contribution in [0.2, 0.25) is 39.3 Å². The summed E-state index contributed by atoms with van der Waals surface area (Å²) in [5, 5.41) is 24.0. The van der Waals surface area contributed by atoms with Crippen LogP contribution < -0.4 is 10.4 Å². The zero-order chi connectivity index (χ0) is 25.3. The van der Waals surface area contributed by atoms with Crippen molar-refractivity contribution in [1.29, 1.82) is 0 Å². The second-order valence-corrected chi connectivity index (χ2v) is 22.1. The molecule has 2 aromatic rings. The van der Waals surface area contributed by atoms with Gasteiger partial charge in [0.15, 0.2) is 0 Å². The monoisotopic (exact) mass is 494 g/mol. The number of benzene rings is 2. The number of rotatable bonds is 6. The molecule has 6 heteroatoms. The summed E-state index contributed by atoms with van der Waals surface area (Å²) < 4.78 is 0. The third-order valence-electron chi connectivity index (χ3n) is 6.90. The maximum absolute atomic E-state index is 10.7. The third-order valence-corrected chi connectivity index (χ3v) is 10.9. The molecule has 0 radical (unpaired) electrons. The topological polar surface area (TPSA) is 65.2 Å². The summed E-state index contributed by atoms with van der Waals surface area (Å²) in [4.78, 5) is 9.86. The van der Waals surface area contributed by atoms with Crippen molar-refractivity contribution >= 4 is 39.0 Å². The van der Waals surface area contributed by atoms with Crippen LogP contribution in [0, 0.1) is 13.8 Å². The number of aliphatic imine (C=N–C) groups is 2. The number of aromatic hydroxyl groups is 2. The van der Waals surface area contributed by atoms with Crippen LogP contribution in [-0.2, 0) is 0 Å². The fraction of sp³-hybridized carbons (Fsp3) is 0.500. The smallest absolute Gasteiger partial charge is 0.127 e. The van der Waals surface area contributed by atoms with Crippen LogP contribution in [0.25, 0.3) is 0 Å². The van der Waals surface area contributed by atoms with E-state index in [2.05, 4.69) is 63.5 Å². The van der Waals surface area contributed by atoms with Gasteiger partial charge in [-0.2, -0.15) is 0 Å². The zero-order valence-corrected chi connectivity index (χ0v) is 24.2. The molecule has 1 fully saturated rings. The van der Waals surface area contributed by atoms with Gasteiger partial charge in [0.1, 0.15) is 11.5 Å². The summed E-state index contributed by atoms with van der Waals surface area (Å²) in [6.45, 7) is 17.8. The van der Waals surface area contributed by atoms with E-state index in [0.717, 1.165) is 47.9 Å². The number of nitrogens with zero attached hydrogens (tertiary/aromatic N) is 2. The summed E-state index contributed by atoms with van der Waals surface area (Å²) in [6.07, 6.45) is 7.99. The number of aryl methyl sites for hydroxylation is 2. The maximum atomic E-state index is 10.7. The van der Waals surface area contributed by atoms with E-state index in [1.165, 1.54) is 10.4 Å². The highest BCUT2D eigenvalue weighted by atomic mass is 28.3. The largest absolute Gasteiger partial charge is 0.507 e. The highest BCUT2D eigenvalue weighted by molar-refractivity contribution is 6.89. The molecule has 2 unspecified atom stereocenters. The first-order valence-corrected chi connectivity index (χ1v) is 19.5. The molecule has 2 N–H and O–H groups in total. The molecule has 34 heavy (non-hydrogen) atoms. The molecule has 1 aliphatic rings. The molecule has 0 amide bonds. The molecule has 0 aromatic heterocycles. The minimum Gasteiger partial charge on any atom is -0.507 e. The van der Waals surface area contributed by atoms with Crippen LogP contribution in [0.1, 0.15) is 47.9 Å². The van der Waals surface area contributed by atoms with Gasteiger partial charge < -0.3 is 10.2 Å². The van der Waals surface area contributed by atoms with Crippen molar-refractivity contribution in [2.75, 3.05) is 0 Å². The lowest BCUT2D eigenvalue weighted by Crippen LogP contribution is -2.38. The van der Waals surface area contributed by atoms with Gasteiger partial charge in [-0.15, -0.1) is 0 Å². The molecule has 1 saturated carbocycles. The first-order chi connectivity index (χ1) is 15.8. The number of phenols is 2. The highest BCUT2D eigenvalue weighted by Gasteiger charge is 2.25. The molecule has 1 aliphatic carbocycles. The van der Waals surface area contributed by atoms with Crippen LogP contribution in [-0.4, -0.2) is 50.9 Å². The second-order valence-electron chi connectivity index (χ2n) is 11.9.